The normalized spacial score (nSPS) is 10.8. The third-order valence-electron chi connectivity index (χ3n) is 2.91. The molecule has 0 aliphatic heterocycles. The van der Waals surface area contributed by atoms with Gasteiger partial charge >= 0.3 is 0 Å². The molecule has 0 aliphatic carbocycles. The summed E-state index contributed by atoms with van der Waals surface area (Å²) < 4.78 is 13.3. The van der Waals surface area contributed by atoms with Crippen molar-refractivity contribution < 1.29 is 4.39 Å². The first-order valence-corrected chi connectivity index (χ1v) is 6.43. The Labute approximate surface area is 120 Å². The van der Waals surface area contributed by atoms with Gasteiger partial charge in [-0.25, -0.2) is 9.37 Å². The standard InChI is InChI=1S/C14H13FN6/c1-16-8-11-7-12(15)9-17-14(11)21-19-13(18-20-21)10-5-3-2-4-6-10/h2-7,9,16H,8H2,1H3. The van der Waals surface area contributed by atoms with Gasteiger partial charge in [0.15, 0.2) is 5.82 Å². The molecule has 7 heteroatoms. The molecule has 0 saturated heterocycles. The van der Waals surface area contributed by atoms with E-state index in [9.17, 15) is 4.39 Å². The van der Waals surface area contributed by atoms with E-state index in [1.54, 1.807) is 7.05 Å². The number of pyridine rings is 1. The lowest BCUT2D eigenvalue weighted by Gasteiger charge is -2.06. The molecule has 2 heterocycles. The molecule has 3 aromatic rings. The number of rotatable bonds is 4. The fourth-order valence-corrected chi connectivity index (χ4v) is 1.98. The quantitative estimate of drug-likeness (QED) is 0.788. The van der Waals surface area contributed by atoms with E-state index in [0.717, 1.165) is 11.8 Å². The summed E-state index contributed by atoms with van der Waals surface area (Å²) in [6.45, 7) is 0.461. The van der Waals surface area contributed by atoms with Crippen LogP contribution in [0, 0.1) is 5.82 Å². The van der Waals surface area contributed by atoms with Crippen LogP contribution in [-0.2, 0) is 6.54 Å². The molecule has 0 spiro atoms. The third-order valence-corrected chi connectivity index (χ3v) is 2.91. The van der Waals surface area contributed by atoms with E-state index >= 15 is 0 Å². The van der Waals surface area contributed by atoms with Gasteiger partial charge in [0.2, 0.25) is 5.82 Å². The number of aromatic nitrogens is 5. The van der Waals surface area contributed by atoms with Crippen LogP contribution < -0.4 is 5.32 Å². The minimum Gasteiger partial charge on any atom is -0.316 e. The maximum Gasteiger partial charge on any atom is 0.205 e. The second kappa shape index (κ2) is 5.76. The van der Waals surface area contributed by atoms with Crippen molar-refractivity contribution in [3.8, 4) is 17.2 Å². The van der Waals surface area contributed by atoms with Gasteiger partial charge in [0.25, 0.3) is 0 Å². The highest BCUT2D eigenvalue weighted by atomic mass is 19.1. The SMILES string of the molecule is CNCc1cc(F)cnc1-n1nnc(-c2ccccc2)n1. The van der Waals surface area contributed by atoms with E-state index in [-0.39, 0.29) is 0 Å². The number of halogens is 1. The number of hydrogen-bond acceptors (Lipinski definition) is 5. The molecule has 0 amide bonds. The van der Waals surface area contributed by atoms with Gasteiger partial charge in [0, 0.05) is 17.7 Å². The summed E-state index contributed by atoms with van der Waals surface area (Å²) in [5.41, 5.74) is 1.52. The van der Waals surface area contributed by atoms with Crippen molar-refractivity contribution in [2.75, 3.05) is 7.05 Å². The largest absolute Gasteiger partial charge is 0.316 e. The lowest BCUT2D eigenvalue weighted by atomic mass is 10.2. The van der Waals surface area contributed by atoms with Crippen LogP contribution in [0.1, 0.15) is 5.56 Å². The summed E-state index contributed by atoms with van der Waals surface area (Å²) >= 11 is 0. The molecule has 0 atom stereocenters. The zero-order valence-corrected chi connectivity index (χ0v) is 11.4. The molecular formula is C14H13FN6. The van der Waals surface area contributed by atoms with Gasteiger partial charge in [-0.05, 0) is 18.3 Å². The van der Waals surface area contributed by atoms with Crippen LogP contribution >= 0.6 is 0 Å². The molecule has 106 valence electrons. The molecule has 6 nitrogen and oxygen atoms in total. The molecule has 1 aromatic carbocycles. The fourth-order valence-electron chi connectivity index (χ4n) is 1.98. The minimum absolute atomic E-state index is 0.396. The Morgan fingerprint density at radius 1 is 1.24 bits per heavy atom. The smallest absolute Gasteiger partial charge is 0.205 e. The van der Waals surface area contributed by atoms with Crippen molar-refractivity contribution in [1.29, 1.82) is 0 Å². The van der Waals surface area contributed by atoms with Gasteiger partial charge in [0.05, 0.1) is 6.20 Å². The summed E-state index contributed by atoms with van der Waals surface area (Å²) in [5.74, 6) is 0.560. The average Bonchev–Trinajstić information content (AvgIpc) is 2.98. The number of nitrogens with zero attached hydrogens (tertiary/aromatic N) is 5. The summed E-state index contributed by atoms with van der Waals surface area (Å²) in [7, 11) is 1.78. The molecule has 0 unspecified atom stereocenters. The molecule has 1 N–H and O–H groups in total. The predicted molar refractivity (Wildman–Crippen MR) is 75.1 cm³/mol. The molecular weight excluding hydrogens is 271 g/mol. The Bertz CT molecular complexity index is 740. The van der Waals surface area contributed by atoms with E-state index in [4.69, 9.17) is 0 Å². The van der Waals surface area contributed by atoms with Crippen molar-refractivity contribution in [3.63, 3.8) is 0 Å². The van der Waals surface area contributed by atoms with E-state index in [0.29, 0.717) is 23.8 Å². The van der Waals surface area contributed by atoms with Crippen LogP contribution in [0.3, 0.4) is 0 Å². The zero-order chi connectivity index (χ0) is 14.7. The van der Waals surface area contributed by atoms with Crippen molar-refractivity contribution in [1.82, 2.24) is 30.5 Å². The Balaban J connectivity index is 2.00. The van der Waals surface area contributed by atoms with Crippen LogP contribution in [0.4, 0.5) is 4.39 Å². The Morgan fingerprint density at radius 2 is 2.05 bits per heavy atom. The molecule has 2 aromatic heterocycles. The Hall–Kier alpha value is -2.67. The molecule has 3 rings (SSSR count). The first kappa shape index (κ1) is 13.3. The van der Waals surface area contributed by atoms with Crippen molar-refractivity contribution in [2.24, 2.45) is 0 Å². The van der Waals surface area contributed by atoms with Crippen LogP contribution in [0.5, 0.6) is 0 Å². The second-order valence-electron chi connectivity index (χ2n) is 4.44. The number of benzene rings is 1. The third kappa shape index (κ3) is 2.77. The number of nitrogens with one attached hydrogen (secondary N) is 1. The highest BCUT2D eigenvalue weighted by molar-refractivity contribution is 5.53. The molecule has 0 aliphatic rings. The van der Waals surface area contributed by atoms with Crippen molar-refractivity contribution in [3.05, 3.63) is 54.0 Å². The van der Waals surface area contributed by atoms with Gasteiger partial charge in [0.1, 0.15) is 5.82 Å². The Kier molecular flexibility index (Phi) is 3.65. The summed E-state index contributed by atoms with van der Waals surface area (Å²) in [5, 5.41) is 15.3. The van der Waals surface area contributed by atoms with E-state index in [1.807, 2.05) is 30.3 Å². The van der Waals surface area contributed by atoms with Gasteiger partial charge < -0.3 is 5.32 Å². The monoisotopic (exact) mass is 284 g/mol. The molecule has 0 fully saturated rings. The average molecular weight is 284 g/mol. The zero-order valence-electron chi connectivity index (χ0n) is 11.4. The lowest BCUT2D eigenvalue weighted by Crippen LogP contribution is -2.12. The number of tetrazole rings is 1. The topological polar surface area (TPSA) is 68.5 Å². The maximum absolute atomic E-state index is 13.3. The van der Waals surface area contributed by atoms with Gasteiger partial charge in [-0.2, -0.15) is 0 Å². The van der Waals surface area contributed by atoms with E-state index < -0.39 is 5.82 Å². The van der Waals surface area contributed by atoms with E-state index in [1.165, 1.54) is 10.9 Å². The van der Waals surface area contributed by atoms with Crippen LogP contribution in [0.15, 0.2) is 42.6 Å². The molecule has 0 radical (unpaired) electrons. The van der Waals surface area contributed by atoms with Crippen molar-refractivity contribution in [2.45, 2.75) is 6.54 Å². The molecule has 0 saturated carbocycles. The van der Waals surface area contributed by atoms with E-state index in [2.05, 4.69) is 25.7 Å². The predicted octanol–water partition coefficient (Wildman–Crippen LogP) is 1.58. The fraction of sp³-hybridized carbons (Fsp3) is 0.143. The summed E-state index contributed by atoms with van der Waals surface area (Å²) in [6.07, 6.45) is 1.14. The number of hydrogen-bond donors (Lipinski definition) is 1. The lowest BCUT2D eigenvalue weighted by molar-refractivity contribution is 0.606. The van der Waals surface area contributed by atoms with Crippen molar-refractivity contribution >= 4 is 0 Å². The summed E-state index contributed by atoms with van der Waals surface area (Å²) in [6, 6.07) is 10.9. The highest BCUT2D eigenvalue weighted by Gasteiger charge is 2.12. The maximum atomic E-state index is 13.3. The second-order valence-corrected chi connectivity index (χ2v) is 4.44. The highest BCUT2D eigenvalue weighted by Crippen LogP contribution is 2.15. The Morgan fingerprint density at radius 3 is 2.81 bits per heavy atom. The van der Waals surface area contributed by atoms with Gasteiger partial charge in [-0.15, -0.1) is 15.0 Å². The first-order chi connectivity index (χ1) is 10.3. The van der Waals surface area contributed by atoms with Crippen LogP contribution in [0.2, 0.25) is 0 Å². The summed E-state index contributed by atoms with van der Waals surface area (Å²) in [4.78, 5) is 5.37. The van der Waals surface area contributed by atoms with Gasteiger partial charge in [-0.1, -0.05) is 30.3 Å². The molecule has 0 bridgehead atoms. The van der Waals surface area contributed by atoms with Gasteiger partial charge in [-0.3, -0.25) is 0 Å². The molecule has 21 heavy (non-hydrogen) atoms. The van der Waals surface area contributed by atoms with Crippen LogP contribution in [-0.4, -0.2) is 32.2 Å². The minimum atomic E-state index is -0.396. The first-order valence-electron chi connectivity index (χ1n) is 6.43. The van der Waals surface area contributed by atoms with Crippen LogP contribution in [0.25, 0.3) is 17.2 Å².